The van der Waals surface area contributed by atoms with Crippen molar-refractivity contribution >= 4 is 0 Å². The molecule has 0 spiro atoms. The van der Waals surface area contributed by atoms with E-state index in [1.165, 1.54) is 56.9 Å². The van der Waals surface area contributed by atoms with Crippen molar-refractivity contribution in [2.45, 2.75) is 91.1 Å². The Hall–Kier alpha value is -1.87. The number of aromatic nitrogens is 1. The smallest absolute Gasteiger partial charge is 0.119 e. The van der Waals surface area contributed by atoms with Crippen LogP contribution >= 0.6 is 0 Å². The number of aryl methyl sites for hydroxylation is 1. The monoisotopic (exact) mass is 411 g/mol. The first-order valence-electron chi connectivity index (χ1n) is 11.9. The van der Waals surface area contributed by atoms with Crippen LogP contribution in [0.4, 0.5) is 0 Å². The van der Waals surface area contributed by atoms with E-state index in [2.05, 4.69) is 44.0 Å². The van der Waals surface area contributed by atoms with Gasteiger partial charge in [0.25, 0.3) is 0 Å². The highest BCUT2D eigenvalue weighted by Gasteiger charge is 2.09. The molecule has 0 unspecified atom stereocenters. The van der Waals surface area contributed by atoms with E-state index in [-0.39, 0.29) is 0 Å². The van der Waals surface area contributed by atoms with Crippen molar-refractivity contribution in [1.82, 2.24) is 4.98 Å². The Morgan fingerprint density at radius 1 is 0.900 bits per heavy atom. The Morgan fingerprint density at radius 2 is 1.57 bits per heavy atom. The van der Waals surface area contributed by atoms with Gasteiger partial charge in [-0.15, -0.1) is 0 Å². The quantitative estimate of drug-likeness (QED) is 0.315. The average Bonchev–Trinajstić information content (AvgIpc) is 2.74. The number of hydrogen-bond donors (Lipinski definition) is 1. The normalized spacial score (nSPS) is 12.3. The molecule has 2 aromatic rings. The van der Waals surface area contributed by atoms with Gasteiger partial charge in [0, 0.05) is 11.8 Å². The molecule has 1 atom stereocenters. The number of rotatable bonds is 15. The summed E-state index contributed by atoms with van der Waals surface area (Å²) >= 11 is 0. The Morgan fingerprint density at radius 3 is 2.23 bits per heavy atom. The fourth-order valence-electron chi connectivity index (χ4n) is 3.86. The lowest BCUT2D eigenvalue weighted by Gasteiger charge is -2.14. The fourth-order valence-corrected chi connectivity index (χ4v) is 3.86. The van der Waals surface area contributed by atoms with E-state index in [1.807, 2.05) is 24.4 Å². The van der Waals surface area contributed by atoms with E-state index in [0.29, 0.717) is 12.5 Å². The number of unbranched alkanes of at least 4 members (excludes halogenated alkanes) is 7. The predicted octanol–water partition coefficient (Wildman–Crippen LogP) is 7.22. The lowest BCUT2D eigenvalue weighted by atomic mass is 10.00. The number of ether oxygens (including phenoxy) is 1. The largest absolute Gasteiger partial charge is 0.491 e. The van der Waals surface area contributed by atoms with Gasteiger partial charge in [-0.3, -0.25) is 4.98 Å². The molecule has 0 saturated carbocycles. The summed E-state index contributed by atoms with van der Waals surface area (Å²) in [4.78, 5) is 4.65. The van der Waals surface area contributed by atoms with Crippen LogP contribution in [0.25, 0.3) is 11.3 Å². The summed E-state index contributed by atoms with van der Waals surface area (Å²) in [6.07, 6.45) is 14.0. The van der Waals surface area contributed by atoms with Gasteiger partial charge < -0.3 is 9.84 Å². The van der Waals surface area contributed by atoms with Gasteiger partial charge in [-0.2, -0.15) is 0 Å². The maximum atomic E-state index is 9.99. The first-order chi connectivity index (χ1) is 14.6. The van der Waals surface area contributed by atoms with Gasteiger partial charge in [-0.1, -0.05) is 71.8 Å². The summed E-state index contributed by atoms with van der Waals surface area (Å²) < 4.78 is 5.75. The van der Waals surface area contributed by atoms with Crippen molar-refractivity contribution in [2.75, 3.05) is 6.61 Å². The van der Waals surface area contributed by atoms with Gasteiger partial charge >= 0.3 is 0 Å². The minimum Gasteiger partial charge on any atom is -0.491 e. The second kappa shape index (κ2) is 14.2. The van der Waals surface area contributed by atoms with E-state index in [1.54, 1.807) is 0 Å². The molecular formula is C27H41NO2. The lowest BCUT2D eigenvalue weighted by molar-refractivity contribution is 0.0893. The second-order valence-electron chi connectivity index (χ2n) is 8.85. The van der Waals surface area contributed by atoms with Crippen molar-refractivity contribution in [1.29, 1.82) is 0 Å². The van der Waals surface area contributed by atoms with Crippen molar-refractivity contribution < 1.29 is 9.84 Å². The third kappa shape index (κ3) is 9.30. The van der Waals surface area contributed by atoms with Gasteiger partial charge in [0.2, 0.25) is 0 Å². The van der Waals surface area contributed by atoms with E-state index in [9.17, 15) is 5.11 Å². The molecule has 3 nitrogen and oxygen atoms in total. The SMILES string of the molecule is CCCCCCCCCCc1cccnc1-c1ccc(OC[C@@H](O)CC(C)C)cc1. The standard InChI is InChI=1S/C27H41NO2/c1-4-5-6-7-8-9-10-11-13-23-14-12-19-28-27(23)24-15-17-26(18-16-24)30-21-25(29)20-22(2)3/h12,14-19,22,25,29H,4-11,13,20-21H2,1-3H3/t25-/m0/s1. The van der Waals surface area contributed by atoms with E-state index in [4.69, 9.17) is 4.74 Å². The zero-order valence-electron chi connectivity index (χ0n) is 19.3. The van der Waals surface area contributed by atoms with Crippen LogP contribution in [0.1, 0.15) is 84.1 Å². The van der Waals surface area contributed by atoms with Crippen LogP contribution in [0, 0.1) is 5.92 Å². The lowest BCUT2D eigenvalue weighted by Crippen LogP contribution is -2.19. The van der Waals surface area contributed by atoms with Crippen molar-refractivity contribution in [2.24, 2.45) is 5.92 Å². The summed E-state index contributed by atoms with van der Waals surface area (Å²) in [6.45, 7) is 6.82. The van der Waals surface area contributed by atoms with Crippen LogP contribution in [0.2, 0.25) is 0 Å². The molecule has 3 heteroatoms. The van der Waals surface area contributed by atoms with Crippen molar-refractivity contribution in [3.8, 4) is 17.0 Å². The van der Waals surface area contributed by atoms with Gasteiger partial charge in [-0.05, 0) is 61.1 Å². The van der Waals surface area contributed by atoms with Crippen LogP contribution in [0.15, 0.2) is 42.6 Å². The molecule has 0 bridgehead atoms. The molecule has 1 aromatic heterocycles. The molecule has 30 heavy (non-hydrogen) atoms. The molecule has 166 valence electrons. The number of benzene rings is 1. The van der Waals surface area contributed by atoms with Gasteiger partial charge in [0.15, 0.2) is 0 Å². The number of nitrogens with zero attached hydrogens (tertiary/aromatic N) is 1. The molecule has 1 N–H and O–H groups in total. The van der Waals surface area contributed by atoms with Crippen LogP contribution < -0.4 is 4.74 Å². The van der Waals surface area contributed by atoms with Crippen LogP contribution in [-0.2, 0) is 6.42 Å². The highest BCUT2D eigenvalue weighted by atomic mass is 16.5. The Balaban J connectivity index is 1.83. The molecule has 0 radical (unpaired) electrons. The fraction of sp³-hybridized carbons (Fsp3) is 0.593. The second-order valence-corrected chi connectivity index (χ2v) is 8.85. The Kier molecular flexibility index (Phi) is 11.5. The molecule has 0 aliphatic heterocycles. The van der Waals surface area contributed by atoms with Crippen LogP contribution in [-0.4, -0.2) is 22.8 Å². The molecule has 0 aliphatic rings. The molecule has 0 aliphatic carbocycles. The minimum absolute atomic E-state index is 0.338. The zero-order valence-corrected chi connectivity index (χ0v) is 19.3. The first-order valence-corrected chi connectivity index (χ1v) is 11.9. The summed E-state index contributed by atoms with van der Waals surface area (Å²) in [5.74, 6) is 1.26. The van der Waals surface area contributed by atoms with Gasteiger partial charge in [0.1, 0.15) is 12.4 Å². The molecular weight excluding hydrogens is 370 g/mol. The maximum Gasteiger partial charge on any atom is 0.119 e. The molecule has 2 rings (SSSR count). The Bertz CT molecular complexity index is 696. The number of pyridine rings is 1. The summed E-state index contributed by atoms with van der Waals surface area (Å²) in [5.41, 5.74) is 3.52. The molecule has 1 aromatic carbocycles. The molecule has 1 heterocycles. The average molecular weight is 412 g/mol. The number of aliphatic hydroxyl groups excluding tert-OH is 1. The third-order valence-electron chi connectivity index (χ3n) is 5.50. The van der Waals surface area contributed by atoms with E-state index in [0.717, 1.165) is 29.8 Å². The molecule has 0 saturated heterocycles. The van der Waals surface area contributed by atoms with Crippen molar-refractivity contribution in [3.05, 3.63) is 48.2 Å². The number of hydrogen-bond acceptors (Lipinski definition) is 3. The molecule has 0 amide bonds. The molecule has 0 fully saturated rings. The van der Waals surface area contributed by atoms with Gasteiger partial charge in [0.05, 0.1) is 11.8 Å². The maximum absolute atomic E-state index is 9.99. The Labute approximate surface area is 183 Å². The van der Waals surface area contributed by atoms with Crippen LogP contribution in [0.5, 0.6) is 5.75 Å². The minimum atomic E-state index is -0.418. The first kappa shape index (κ1) is 24.4. The third-order valence-corrected chi connectivity index (χ3v) is 5.50. The summed E-state index contributed by atoms with van der Waals surface area (Å²) in [5, 5.41) is 9.99. The van der Waals surface area contributed by atoms with Crippen molar-refractivity contribution in [3.63, 3.8) is 0 Å². The highest BCUT2D eigenvalue weighted by molar-refractivity contribution is 5.63. The van der Waals surface area contributed by atoms with Gasteiger partial charge in [-0.25, -0.2) is 0 Å². The summed E-state index contributed by atoms with van der Waals surface area (Å²) in [7, 11) is 0. The highest BCUT2D eigenvalue weighted by Crippen LogP contribution is 2.25. The summed E-state index contributed by atoms with van der Waals surface area (Å²) in [6, 6.07) is 12.3. The van der Waals surface area contributed by atoms with E-state index < -0.39 is 6.10 Å². The van der Waals surface area contributed by atoms with E-state index >= 15 is 0 Å². The topological polar surface area (TPSA) is 42.4 Å². The zero-order chi connectivity index (χ0) is 21.6. The predicted molar refractivity (Wildman–Crippen MR) is 127 cm³/mol. The number of aliphatic hydroxyl groups is 1. The van der Waals surface area contributed by atoms with Crippen LogP contribution in [0.3, 0.4) is 0 Å².